The molecule has 0 aliphatic heterocycles. The molecule has 2 atom stereocenters. The first-order valence-corrected chi connectivity index (χ1v) is 6.86. The maximum Gasteiger partial charge on any atom is 4.00 e. The van der Waals surface area contributed by atoms with Crippen LogP contribution in [0.1, 0.15) is 19.3 Å². The van der Waals surface area contributed by atoms with E-state index >= 15 is 0 Å². The number of hydrogen-bond donors (Lipinski definition) is 0. The number of rotatable bonds is 3. The van der Waals surface area contributed by atoms with Crippen LogP contribution in [0.5, 0.6) is 0 Å². The van der Waals surface area contributed by atoms with Gasteiger partial charge in [-0.2, -0.15) is 35.2 Å². The number of halogens is 1. The van der Waals surface area contributed by atoms with Gasteiger partial charge in [-0.05, 0) is 24.5 Å². The Balaban J connectivity index is -0.000000106. The summed E-state index contributed by atoms with van der Waals surface area (Å²) in [6.07, 6.45) is 3.82. The van der Waals surface area contributed by atoms with Crippen LogP contribution in [0.2, 0.25) is 0 Å². The van der Waals surface area contributed by atoms with Crippen molar-refractivity contribution >= 4 is 23.5 Å². The molecule has 0 saturated heterocycles. The summed E-state index contributed by atoms with van der Waals surface area (Å²) < 4.78 is 3.99. The first-order valence-electron chi connectivity index (χ1n) is 5.48. The molecule has 0 amide bonds. The van der Waals surface area contributed by atoms with Crippen molar-refractivity contribution in [1.29, 1.82) is 0 Å². The van der Waals surface area contributed by atoms with E-state index in [0.29, 0.717) is 5.38 Å². The molecule has 0 spiro atoms. The summed E-state index contributed by atoms with van der Waals surface area (Å²) in [5.41, 5.74) is 0. The molecule has 0 bridgehead atoms. The van der Waals surface area contributed by atoms with E-state index in [1.807, 2.05) is 7.05 Å². The Morgan fingerprint density at radius 3 is 1.78 bits per heavy atom. The summed E-state index contributed by atoms with van der Waals surface area (Å²) in [6.45, 7) is 0. The van der Waals surface area contributed by atoms with Gasteiger partial charge in [0.05, 0.1) is 0 Å². The van der Waals surface area contributed by atoms with Crippen LogP contribution in [-0.4, -0.2) is 46.4 Å². The normalized spacial score (nSPS) is 20.3. The standard InChI is InChI=1S/C7H13ClNS.2C2H6N.CH3.Ti/c1-9-10-5-6-3-2-4-7(6)8;2*1-3-2;;/h6-7H,2-5H2,1H3;2*1-2H3;1H3;/q4*-1;+4/t6-,7?;;;;/m0..../s1. The molecule has 1 aliphatic rings. The third kappa shape index (κ3) is 19.6. The van der Waals surface area contributed by atoms with Crippen LogP contribution in [-0.2, 0) is 21.7 Å². The van der Waals surface area contributed by atoms with E-state index in [0.717, 1.165) is 11.7 Å². The molecule has 18 heavy (non-hydrogen) atoms. The van der Waals surface area contributed by atoms with Crippen molar-refractivity contribution in [2.24, 2.45) is 5.92 Å². The fraction of sp³-hybridized carbons (Fsp3) is 0.917. The molecule has 1 rings (SSSR count). The van der Waals surface area contributed by atoms with Gasteiger partial charge >= 0.3 is 21.7 Å². The van der Waals surface area contributed by atoms with Gasteiger partial charge in [0.2, 0.25) is 0 Å². The van der Waals surface area contributed by atoms with Crippen molar-refractivity contribution in [3.05, 3.63) is 22.8 Å². The van der Waals surface area contributed by atoms with Gasteiger partial charge in [-0.1, -0.05) is 6.42 Å². The number of hydrogen-bond acceptors (Lipinski definition) is 1. The molecule has 3 nitrogen and oxygen atoms in total. The quantitative estimate of drug-likeness (QED) is 0.319. The predicted octanol–water partition coefficient (Wildman–Crippen LogP) is 4.73. The summed E-state index contributed by atoms with van der Waals surface area (Å²) in [7, 11) is 8.84. The molecule has 1 saturated carbocycles. The van der Waals surface area contributed by atoms with Crippen molar-refractivity contribution in [2.45, 2.75) is 24.6 Å². The number of nitrogens with zero attached hydrogens (tertiary/aromatic N) is 3. The topological polar surface area (TPSA) is 42.3 Å². The Labute approximate surface area is 139 Å². The Kier molecular flexibility index (Phi) is 35.7. The van der Waals surface area contributed by atoms with Gasteiger partial charge in [-0.15, -0.1) is 11.6 Å². The minimum atomic E-state index is 0. The van der Waals surface area contributed by atoms with Crippen LogP contribution in [0.25, 0.3) is 15.4 Å². The van der Waals surface area contributed by atoms with Crippen molar-refractivity contribution < 1.29 is 21.7 Å². The van der Waals surface area contributed by atoms with Gasteiger partial charge in [-0.25, -0.2) is 0 Å². The molecule has 1 aliphatic carbocycles. The van der Waals surface area contributed by atoms with Crippen molar-refractivity contribution in [2.75, 3.05) is 41.0 Å². The van der Waals surface area contributed by atoms with E-state index in [-0.39, 0.29) is 29.1 Å². The van der Waals surface area contributed by atoms with Gasteiger partial charge in [0, 0.05) is 5.38 Å². The Hall–Kier alpha value is 1.23. The molecule has 0 N–H and O–H groups in total. The molecule has 1 fully saturated rings. The minimum absolute atomic E-state index is 0. The maximum absolute atomic E-state index is 6.06. The fourth-order valence-electron chi connectivity index (χ4n) is 1.35. The van der Waals surface area contributed by atoms with E-state index in [1.165, 1.54) is 19.3 Å². The molecule has 0 heterocycles. The number of alkyl halides is 1. The summed E-state index contributed by atoms with van der Waals surface area (Å²) in [6, 6.07) is 0. The van der Waals surface area contributed by atoms with E-state index in [1.54, 1.807) is 40.1 Å². The van der Waals surface area contributed by atoms with Crippen LogP contribution < -0.4 is 0 Å². The Morgan fingerprint density at radius 1 is 1.06 bits per heavy atom. The molecule has 0 aromatic heterocycles. The van der Waals surface area contributed by atoms with E-state index in [9.17, 15) is 0 Å². The van der Waals surface area contributed by atoms with Crippen molar-refractivity contribution in [1.82, 2.24) is 0 Å². The van der Waals surface area contributed by atoms with Gasteiger partial charge in [0.1, 0.15) is 0 Å². The van der Waals surface area contributed by atoms with Gasteiger partial charge < -0.3 is 22.8 Å². The SMILES string of the molecule is C[N-]C.C[N-]C.C[N-]SC[C@@H]1CCCC1Cl.[CH3-].[Ti+4]. The molecule has 108 valence electrons. The third-order valence-corrected chi connectivity index (χ3v) is 3.39. The second-order valence-electron chi connectivity index (χ2n) is 3.58. The molecule has 6 heteroatoms. The van der Waals surface area contributed by atoms with E-state index < -0.39 is 0 Å². The smallest absolute Gasteiger partial charge is 0.668 e. The first kappa shape index (κ1) is 27.6. The van der Waals surface area contributed by atoms with Crippen LogP contribution in [0.15, 0.2) is 0 Å². The Morgan fingerprint density at radius 2 is 1.50 bits per heavy atom. The maximum atomic E-state index is 6.06. The second-order valence-corrected chi connectivity index (χ2v) is 5.10. The summed E-state index contributed by atoms with van der Waals surface area (Å²) in [5.74, 6) is 1.83. The van der Waals surface area contributed by atoms with Crippen molar-refractivity contribution in [3.63, 3.8) is 0 Å². The van der Waals surface area contributed by atoms with Gasteiger partial charge in [-0.3, -0.25) is 11.9 Å². The van der Waals surface area contributed by atoms with Gasteiger partial charge in [0.15, 0.2) is 0 Å². The van der Waals surface area contributed by atoms with E-state index in [4.69, 9.17) is 11.6 Å². The molecule has 0 aromatic carbocycles. The monoisotopic (exact) mass is 329 g/mol. The minimum Gasteiger partial charge on any atom is -0.668 e. The zero-order chi connectivity index (χ0) is 12.8. The van der Waals surface area contributed by atoms with Crippen LogP contribution in [0, 0.1) is 13.3 Å². The average molecular weight is 330 g/mol. The molecular weight excluding hydrogens is 302 g/mol. The molecule has 1 unspecified atom stereocenters. The third-order valence-electron chi connectivity index (χ3n) is 1.98. The molecular formula is C12H28ClN3STi. The summed E-state index contributed by atoms with van der Waals surface area (Å²) in [4.78, 5) is 0. The van der Waals surface area contributed by atoms with Crippen molar-refractivity contribution in [3.8, 4) is 0 Å². The zero-order valence-corrected chi connectivity index (χ0v) is 15.7. The molecule has 0 radical (unpaired) electrons. The first-order chi connectivity index (χ1) is 7.67. The summed E-state index contributed by atoms with van der Waals surface area (Å²) >= 11 is 7.71. The largest absolute Gasteiger partial charge is 4.00 e. The van der Waals surface area contributed by atoms with Crippen LogP contribution >= 0.6 is 23.5 Å². The van der Waals surface area contributed by atoms with E-state index in [2.05, 4.69) is 15.4 Å². The average Bonchev–Trinajstić information content (AvgIpc) is 2.63. The van der Waals surface area contributed by atoms with Gasteiger partial charge in [0.25, 0.3) is 0 Å². The predicted molar refractivity (Wildman–Crippen MR) is 85.6 cm³/mol. The van der Waals surface area contributed by atoms with Crippen LogP contribution in [0.4, 0.5) is 0 Å². The Bertz CT molecular complexity index is 132. The zero-order valence-electron chi connectivity index (χ0n) is 12.6. The second kappa shape index (κ2) is 23.3. The van der Waals surface area contributed by atoms with Crippen LogP contribution in [0.3, 0.4) is 0 Å². The summed E-state index contributed by atoms with van der Waals surface area (Å²) in [5, 5.41) is 7.43. The molecule has 0 aromatic rings. The fourth-order valence-corrected chi connectivity index (χ4v) is 2.56.